The molecule has 27 heavy (non-hydrogen) atoms. The van der Waals surface area contributed by atoms with Gasteiger partial charge in [0.2, 0.25) is 11.7 Å². The molecule has 1 heterocycles. The van der Waals surface area contributed by atoms with Crippen LogP contribution in [0.2, 0.25) is 0 Å². The molecule has 154 valence electrons. The van der Waals surface area contributed by atoms with Crippen molar-refractivity contribution in [3.63, 3.8) is 0 Å². The summed E-state index contributed by atoms with van der Waals surface area (Å²) in [6.07, 6.45) is 5.15. The Balaban J connectivity index is 0.00000364. The smallest absolute Gasteiger partial charge is 0.286 e. The molecule has 0 aromatic carbocycles. The molecule has 1 fully saturated rings. The number of hydrogen-bond acceptors (Lipinski definition) is 7. The van der Waals surface area contributed by atoms with Crippen LogP contribution >= 0.6 is 24.2 Å². The van der Waals surface area contributed by atoms with Gasteiger partial charge >= 0.3 is 0 Å². The van der Waals surface area contributed by atoms with Gasteiger partial charge in [0.25, 0.3) is 11.1 Å². The van der Waals surface area contributed by atoms with Crippen LogP contribution in [0.3, 0.4) is 0 Å². The maximum absolute atomic E-state index is 12.8. The lowest BCUT2D eigenvalue weighted by Gasteiger charge is -2.25. The first-order valence-corrected chi connectivity index (χ1v) is 10.3. The molecule has 0 radical (unpaired) electrons. The number of amides is 1. The largest absolute Gasteiger partial charge is 0.408 e. The lowest BCUT2D eigenvalue weighted by Crippen LogP contribution is -2.47. The molecule has 9 heteroatoms. The minimum Gasteiger partial charge on any atom is -0.408 e. The van der Waals surface area contributed by atoms with Crippen molar-refractivity contribution < 1.29 is 14.0 Å². The number of aromatic nitrogens is 2. The number of ketones is 1. The maximum atomic E-state index is 12.8. The topological polar surface area (TPSA) is 88.3 Å². The predicted molar refractivity (Wildman–Crippen MR) is 108 cm³/mol. The second kappa shape index (κ2) is 11.7. The summed E-state index contributed by atoms with van der Waals surface area (Å²) in [7, 11) is 3.98. The van der Waals surface area contributed by atoms with Crippen LogP contribution in [0.5, 0.6) is 0 Å². The molecule has 1 aliphatic carbocycles. The zero-order valence-electron chi connectivity index (χ0n) is 16.6. The van der Waals surface area contributed by atoms with E-state index in [-0.39, 0.29) is 41.8 Å². The molecule has 0 spiro atoms. The summed E-state index contributed by atoms with van der Waals surface area (Å²) in [5, 5.41) is 11.1. The number of thioether (sulfide) groups is 1. The van der Waals surface area contributed by atoms with E-state index in [9.17, 15) is 9.59 Å². The average Bonchev–Trinajstić information content (AvgIpc) is 3.08. The number of nitrogens with zero attached hydrogens (tertiary/aromatic N) is 3. The van der Waals surface area contributed by atoms with Crippen LogP contribution in [0.15, 0.2) is 9.64 Å². The normalized spacial score (nSPS) is 16.2. The van der Waals surface area contributed by atoms with Gasteiger partial charge in [0.1, 0.15) is 0 Å². The van der Waals surface area contributed by atoms with Gasteiger partial charge in [-0.05, 0) is 32.9 Å². The van der Waals surface area contributed by atoms with E-state index in [1.807, 2.05) is 27.9 Å². The second-order valence-electron chi connectivity index (χ2n) is 7.45. The van der Waals surface area contributed by atoms with Gasteiger partial charge in [-0.25, -0.2) is 0 Å². The van der Waals surface area contributed by atoms with E-state index in [0.29, 0.717) is 5.22 Å². The predicted octanol–water partition coefficient (Wildman–Crippen LogP) is 3.05. The molecule has 0 aliphatic heterocycles. The van der Waals surface area contributed by atoms with Gasteiger partial charge in [-0.2, -0.15) is 0 Å². The Hall–Kier alpha value is -1.12. The molecule has 0 bridgehead atoms. The summed E-state index contributed by atoms with van der Waals surface area (Å²) in [5.41, 5.74) is 0. The molecule has 1 N–H and O–H groups in total. The van der Waals surface area contributed by atoms with Gasteiger partial charge in [0.15, 0.2) is 0 Å². The third-order valence-electron chi connectivity index (χ3n) is 4.60. The van der Waals surface area contributed by atoms with Crippen molar-refractivity contribution in [1.82, 2.24) is 20.4 Å². The van der Waals surface area contributed by atoms with Crippen LogP contribution in [-0.4, -0.2) is 59.2 Å². The van der Waals surface area contributed by atoms with E-state index in [0.717, 1.165) is 38.0 Å². The fourth-order valence-corrected chi connectivity index (χ4v) is 3.85. The number of carbonyl (C=O) groups excluding carboxylic acids is 2. The molecule has 1 amide bonds. The second-order valence-corrected chi connectivity index (χ2v) is 8.50. The highest BCUT2D eigenvalue weighted by Gasteiger charge is 2.32. The van der Waals surface area contributed by atoms with E-state index in [4.69, 9.17) is 4.42 Å². The highest BCUT2D eigenvalue weighted by molar-refractivity contribution is 7.99. The van der Waals surface area contributed by atoms with Gasteiger partial charge in [-0.3, -0.25) is 9.59 Å². The zero-order valence-corrected chi connectivity index (χ0v) is 18.2. The summed E-state index contributed by atoms with van der Waals surface area (Å²) in [6.45, 7) is 4.70. The molecule has 7 nitrogen and oxygen atoms in total. The quantitative estimate of drug-likeness (QED) is 0.487. The molecule has 0 saturated heterocycles. The van der Waals surface area contributed by atoms with Crippen LogP contribution in [0.25, 0.3) is 0 Å². The van der Waals surface area contributed by atoms with E-state index < -0.39 is 6.04 Å². The van der Waals surface area contributed by atoms with Crippen molar-refractivity contribution in [2.75, 3.05) is 26.4 Å². The number of halogens is 1. The van der Waals surface area contributed by atoms with Crippen LogP contribution in [0.1, 0.15) is 56.6 Å². The molecular weight excluding hydrogens is 388 g/mol. The number of nitrogens with one attached hydrogen (secondary N) is 1. The number of Topliss-reactive ketones (excluding diaryl/α,β-unsaturated/α-hetero) is 1. The van der Waals surface area contributed by atoms with Gasteiger partial charge in [-0.1, -0.05) is 44.9 Å². The number of carbonyl (C=O) groups is 2. The number of hydrogen-bond donors (Lipinski definition) is 1. The van der Waals surface area contributed by atoms with Crippen molar-refractivity contribution in [3.05, 3.63) is 5.89 Å². The van der Waals surface area contributed by atoms with Crippen LogP contribution < -0.4 is 5.32 Å². The lowest BCUT2D eigenvalue weighted by atomic mass is 9.88. The van der Waals surface area contributed by atoms with Gasteiger partial charge in [-0.15, -0.1) is 22.6 Å². The van der Waals surface area contributed by atoms with Crippen molar-refractivity contribution >= 4 is 35.9 Å². The van der Waals surface area contributed by atoms with Crippen molar-refractivity contribution in [2.24, 2.45) is 11.8 Å². The summed E-state index contributed by atoms with van der Waals surface area (Å²) in [6, 6.07) is -0.635. The van der Waals surface area contributed by atoms with Crippen LogP contribution in [0.4, 0.5) is 0 Å². The summed E-state index contributed by atoms with van der Waals surface area (Å²) >= 11 is 1.42. The molecule has 1 aromatic rings. The highest BCUT2D eigenvalue weighted by Crippen LogP contribution is 2.24. The van der Waals surface area contributed by atoms with E-state index in [1.165, 1.54) is 18.2 Å². The maximum Gasteiger partial charge on any atom is 0.286 e. The first kappa shape index (κ1) is 23.9. The first-order valence-electron chi connectivity index (χ1n) is 9.34. The molecule has 1 aliphatic rings. The average molecular weight is 419 g/mol. The fraction of sp³-hybridized carbons (Fsp3) is 0.778. The van der Waals surface area contributed by atoms with Crippen LogP contribution in [-0.2, 0) is 4.79 Å². The Bertz CT molecular complexity index is 603. The minimum atomic E-state index is -0.635. The monoisotopic (exact) mass is 418 g/mol. The molecule has 1 aromatic heterocycles. The minimum absolute atomic E-state index is 0. The Labute approximate surface area is 171 Å². The Kier molecular flexibility index (Phi) is 10.3. The third-order valence-corrected chi connectivity index (χ3v) is 5.40. The summed E-state index contributed by atoms with van der Waals surface area (Å²) in [4.78, 5) is 27.4. The van der Waals surface area contributed by atoms with Crippen molar-refractivity contribution in [2.45, 2.75) is 57.2 Å². The fourth-order valence-electron chi connectivity index (χ4n) is 2.99. The Morgan fingerprint density at radius 2 is 1.89 bits per heavy atom. The van der Waals surface area contributed by atoms with Crippen molar-refractivity contribution in [3.8, 4) is 0 Å². The van der Waals surface area contributed by atoms with E-state index in [1.54, 1.807) is 0 Å². The summed E-state index contributed by atoms with van der Waals surface area (Å²) < 4.78 is 5.51. The SMILES string of the molecule is CC(C)[C@H](NC(=O)C1CCCCC1)C(=O)c1nnc(SCCN(C)C)o1.Cl. The molecule has 2 rings (SSSR count). The Morgan fingerprint density at radius 3 is 2.48 bits per heavy atom. The zero-order chi connectivity index (χ0) is 19.1. The standard InChI is InChI=1S/C18H30N4O3S.ClH/c1-12(2)14(19-16(24)13-8-6-5-7-9-13)15(23)17-20-21-18(25-17)26-11-10-22(3)4;/h12-14H,5-11H2,1-4H3,(H,19,24);1H/t14-;/m0./s1. The molecule has 1 saturated carbocycles. The molecule has 1 atom stereocenters. The molecular formula is C18H31ClN4O3S. The van der Waals surface area contributed by atoms with E-state index >= 15 is 0 Å². The Morgan fingerprint density at radius 1 is 1.22 bits per heavy atom. The highest BCUT2D eigenvalue weighted by atomic mass is 35.5. The van der Waals surface area contributed by atoms with Gasteiger partial charge in [0.05, 0.1) is 6.04 Å². The van der Waals surface area contributed by atoms with Crippen LogP contribution in [0, 0.1) is 11.8 Å². The third kappa shape index (κ3) is 7.43. The summed E-state index contributed by atoms with van der Waals surface area (Å²) in [5.74, 6) is 0.395. The first-order chi connectivity index (χ1) is 12.4. The number of rotatable bonds is 9. The van der Waals surface area contributed by atoms with Gasteiger partial charge in [0, 0.05) is 18.2 Å². The van der Waals surface area contributed by atoms with E-state index in [2.05, 4.69) is 20.4 Å². The van der Waals surface area contributed by atoms with Gasteiger partial charge < -0.3 is 14.6 Å². The van der Waals surface area contributed by atoms with Crippen molar-refractivity contribution in [1.29, 1.82) is 0 Å². The lowest BCUT2D eigenvalue weighted by molar-refractivity contribution is -0.126. The molecule has 0 unspecified atom stereocenters.